The summed E-state index contributed by atoms with van der Waals surface area (Å²) in [6.07, 6.45) is 2.45. The van der Waals surface area contributed by atoms with Gasteiger partial charge in [-0.15, -0.1) is 0 Å². The normalized spacial score (nSPS) is 19.8. The first kappa shape index (κ1) is 14.9. The fraction of sp³-hybridized carbons (Fsp3) is 0.533. The molecule has 1 fully saturated rings. The van der Waals surface area contributed by atoms with E-state index in [0.717, 1.165) is 13.1 Å². The van der Waals surface area contributed by atoms with Crippen LogP contribution < -0.4 is 10.6 Å². The van der Waals surface area contributed by atoms with Gasteiger partial charge in [0.25, 0.3) is 0 Å². The predicted molar refractivity (Wildman–Crippen MR) is 78.1 cm³/mol. The van der Waals surface area contributed by atoms with Crippen LogP contribution in [0.15, 0.2) is 24.3 Å². The Morgan fingerprint density at radius 2 is 2.15 bits per heavy atom. The second-order valence-corrected chi connectivity index (χ2v) is 5.46. The monoisotopic (exact) mass is 279 g/mol. The van der Waals surface area contributed by atoms with Crippen LogP contribution in [0, 0.1) is 11.7 Å². The highest BCUT2D eigenvalue weighted by Crippen LogP contribution is 2.13. The molecule has 1 amide bonds. The molecule has 0 radical (unpaired) electrons. The maximum absolute atomic E-state index is 12.7. The molecule has 1 aliphatic rings. The van der Waals surface area contributed by atoms with Crippen LogP contribution in [-0.4, -0.2) is 44.0 Å². The number of anilines is 1. The molecule has 0 aliphatic carbocycles. The second-order valence-electron chi connectivity index (χ2n) is 5.46. The average molecular weight is 279 g/mol. The summed E-state index contributed by atoms with van der Waals surface area (Å²) in [5.74, 6) is 0.218. The third kappa shape index (κ3) is 4.90. The molecule has 1 saturated heterocycles. The summed E-state index contributed by atoms with van der Waals surface area (Å²) < 4.78 is 12.7. The molecule has 20 heavy (non-hydrogen) atoms. The molecule has 2 rings (SSSR count). The highest BCUT2D eigenvalue weighted by Gasteiger charge is 2.16. The number of carbonyl (C=O) groups excluding carboxylic acids is 1. The van der Waals surface area contributed by atoms with Gasteiger partial charge < -0.3 is 15.5 Å². The molecule has 1 aliphatic heterocycles. The minimum atomic E-state index is -0.303. The van der Waals surface area contributed by atoms with Crippen LogP contribution in [0.3, 0.4) is 0 Å². The molecule has 110 valence electrons. The van der Waals surface area contributed by atoms with Crippen LogP contribution in [0.5, 0.6) is 0 Å². The van der Waals surface area contributed by atoms with E-state index in [1.165, 1.54) is 31.5 Å². The van der Waals surface area contributed by atoms with Crippen LogP contribution in [-0.2, 0) is 4.79 Å². The van der Waals surface area contributed by atoms with Crippen molar-refractivity contribution in [3.63, 3.8) is 0 Å². The number of amides is 1. The van der Waals surface area contributed by atoms with Crippen LogP contribution in [0.25, 0.3) is 0 Å². The lowest BCUT2D eigenvalue weighted by atomic mass is 9.98. The van der Waals surface area contributed by atoms with Crippen molar-refractivity contribution in [2.45, 2.75) is 12.8 Å². The largest absolute Gasteiger partial charge is 0.325 e. The van der Waals surface area contributed by atoms with Gasteiger partial charge in [0.05, 0.1) is 6.54 Å². The van der Waals surface area contributed by atoms with E-state index in [2.05, 4.69) is 22.6 Å². The number of likely N-dealkylation sites (tertiary alicyclic amines) is 1. The molecule has 1 heterocycles. The van der Waals surface area contributed by atoms with Gasteiger partial charge in [0.15, 0.2) is 0 Å². The van der Waals surface area contributed by atoms with E-state index in [0.29, 0.717) is 11.6 Å². The molecule has 2 N–H and O–H groups in total. The van der Waals surface area contributed by atoms with Gasteiger partial charge in [-0.3, -0.25) is 4.79 Å². The maximum atomic E-state index is 12.7. The lowest BCUT2D eigenvalue weighted by Crippen LogP contribution is -2.39. The smallest absolute Gasteiger partial charge is 0.238 e. The van der Waals surface area contributed by atoms with E-state index in [4.69, 9.17) is 0 Å². The van der Waals surface area contributed by atoms with Gasteiger partial charge in [0.2, 0.25) is 5.91 Å². The molecule has 0 aromatic heterocycles. The lowest BCUT2D eigenvalue weighted by Gasteiger charge is -2.29. The Hall–Kier alpha value is -1.46. The Morgan fingerprint density at radius 3 is 2.85 bits per heavy atom. The fourth-order valence-electron chi connectivity index (χ4n) is 2.57. The molecule has 5 heteroatoms. The van der Waals surface area contributed by atoms with Crippen molar-refractivity contribution in [1.82, 2.24) is 10.2 Å². The van der Waals surface area contributed by atoms with Crippen molar-refractivity contribution >= 4 is 11.6 Å². The Bertz CT molecular complexity index is 435. The molecule has 1 aromatic carbocycles. The van der Waals surface area contributed by atoms with E-state index >= 15 is 0 Å². The van der Waals surface area contributed by atoms with Crippen molar-refractivity contribution in [3.8, 4) is 0 Å². The van der Waals surface area contributed by atoms with Gasteiger partial charge in [-0.2, -0.15) is 0 Å². The maximum Gasteiger partial charge on any atom is 0.238 e. The summed E-state index contributed by atoms with van der Waals surface area (Å²) in [7, 11) is 2.13. The summed E-state index contributed by atoms with van der Waals surface area (Å²) in [5.41, 5.74) is 0.621. The number of halogens is 1. The molecule has 0 bridgehead atoms. The highest BCUT2D eigenvalue weighted by atomic mass is 19.1. The number of rotatable bonds is 5. The molecule has 4 nitrogen and oxygen atoms in total. The van der Waals surface area contributed by atoms with E-state index in [9.17, 15) is 9.18 Å². The number of hydrogen-bond acceptors (Lipinski definition) is 3. The zero-order valence-electron chi connectivity index (χ0n) is 11.9. The van der Waals surface area contributed by atoms with Gasteiger partial charge in [0.1, 0.15) is 5.82 Å². The Balaban J connectivity index is 1.66. The molecular weight excluding hydrogens is 257 g/mol. The fourth-order valence-corrected chi connectivity index (χ4v) is 2.57. The number of piperidine rings is 1. The van der Waals surface area contributed by atoms with Crippen molar-refractivity contribution in [1.29, 1.82) is 0 Å². The van der Waals surface area contributed by atoms with E-state index in [1.54, 1.807) is 12.1 Å². The van der Waals surface area contributed by atoms with E-state index in [-0.39, 0.29) is 18.3 Å². The third-order valence-corrected chi connectivity index (χ3v) is 3.57. The molecule has 1 unspecified atom stereocenters. The first-order chi connectivity index (χ1) is 9.63. The molecule has 0 saturated carbocycles. The Kier molecular flexibility index (Phi) is 5.49. The van der Waals surface area contributed by atoms with E-state index < -0.39 is 0 Å². The number of nitrogens with zero attached hydrogens (tertiary/aromatic N) is 1. The van der Waals surface area contributed by atoms with Gasteiger partial charge >= 0.3 is 0 Å². The zero-order valence-corrected chi connectivity index (χ0v) is 11.9. The van der Waals surface area contributed by atoms with Crippen molar-refractivity contribution in [3.05, 3.63) is 30.1 Å². The SMILES string of the molecule is CN1CCCC(CNCC(=O)Nc2ccc(F)cc2)C1. The minimum Gasteiger partial charge on any atom is -0.325 e. The number of hydrogen-bond donors (Lipinski definition) is 2. The average Bonchev–Trinajstić information content (AvgIpc) is 2.41. The van der Waals surface area contributed by atoms with Crippen LogP contribution in [0.2, 0.25) is 0 Å². The highest BCUT2D eigenvalue weighted by molar-refractivity contribution is 5.92. The zero-order chi connectivity index (χ0) is 14.4. The van der Waals surface area contributed by atoms with Crippen molar-refractivity contribution in [2.24, 2.45) is 5.92 Å². The van der Waals surface area contributed by atoms with Gasteiger partial charge in [0, 0.05) is 12.2 Å². The van der Waals surface area contributed by atoms with Crippen LogP contribution in [0.1, 0.15) is 12.8 Å². The number of nitrogens with one attached hydrogen (secondary N) is 2. The lowest BCUT2D eigenvalue weighted by molar-refractivity contribution is -0.115. The third-order valence-electron chi connectivity index (χ3n) is 3.57. The predicted octanol–water partition coefficient (Wildman–Crippen LogP) is 1.70. The first-order valence-corrected chi connectivity index (χ1v) is 7.08. The second kappa shape index (κ2) is 7.36. The van der Waals surface area contributed by atoms with E-state index in [1.807, 2.05) is 0 Å². The summed E-state index contributed by atoms with van der Waals surface area (Å²) in [6.45, 7) is 3.41. The summed E-state index contributed by atoms with van der Waals surface area (Å²) in [6, 6.07) is 5.79. The summed E-state index contributed by atoms with van der Waals surface area (Å²) in [5, 5.41) is 5.93. The summed E-state index contributed by atoms with van der Waals surface area (Å²) >= 11 is 0. The molecule has 0 spiro atoms. The standard InChI is InChI=1S/C15H22FN3O/c1-19-8-2-3-12(11-19)9-17-10-15(20)18-14-6-4-13(16)5-7-14/h4-7,12,17H,2-3,8-11H2,1H3,(H,18,20). The van der Waals surface area contributed by atoms with Crippen LogP contribution in [0.4, 0.5) is 10.1 Å². The van der Waals surface area contributed by atoms with Crippen molar-refractivity contribution < 1.29 is 9.18 Å². The van der Waals surface area contributed by atoms with Crippen LogP contribution >= 0.6 is 0 Å². The van der Waals surface area contributed by atoms with Crippen molar-refractivity contribution in [2.75, 3.05) is 38.5 Å². The molecular formula is C15H22FN3O. The quantitative estimate of drug-likeness (QED) is 0.862. The topological polar surface area (TPSA) is 44.4 Å². The molecule has 1 atom stereocenters. The summed E-state index contributed by atoms with van der Waals surface area (Å²) in [4.78, 5) is 14.1. The number of benzene rings is 1. The van der Waals surface area contributed by atoms with Gasteiger partial charge in [-0.1, -0.05) is 0 Å². The number of carbonyl (C=O) groups is 1. The van der Waals surface area contributed by atoms with Gasteiger partial charge in [-0.05, 0) is 63.2 Å². The first-order valence-electron chi connectivity index (χ1n) is 7.08. The Morgan fingerprint density at radius 1 is 1.40 bits per heavy atom. The molecule has 1 aromatic rings. The minimum absolute atomic E-state index is 0.0965. The van der Waals surface area contributed by atoms with Gasteiger partial charge in [-0.25, -0.2) is 4.39 Å². The Labute approximate surface area is 119 Å².